The van der Waals surface area contributed by atoms with Gasteiger partial charge in [0.2, 0.25) is 0 Å². The number of rotatable bonds is 5. The minimum Gasteiger partial charge on any atom is -0.484 e. The highest BCUT2D eigenvalue weighted by Crippen LogP contribution is 2.27. The Morgan fingerprint density at radius 3 is 2.80 bits per heavy atom. The summed E-state index contributed by atoms with van der Waals surface area (Å²) in [5.41, 5.74) is 5.90. The topological polar surface area (TPSA) is 78.4 Å². The van der Waals surface area contributed by atoms with E-state index in [9.17, 15) is 14.5 Å². The van der Waals surface area contributed by atoms with Crippen molar-refractivity contribution in [2.24, 2.45) is 5.73 Å². The van der Waals surface area contributed by atoms with Crippen LogP contribution in [-0.2, 0) is 6.54 Å². The minimum atomic E-state index is -0.690. The summed E-state index contributed by atoms with van der Waals surface area (Å²) in [5, 5.41) is 10.6. The second-order valence-corrected chi connectivity index (χ2v) is 2.80. The fourth-order valence-corrected chi connectivity index (χ4v) is 1.10. The highest BCUT2D eigenvalue weighted by atomic mass is 19.1. The van der Waals surface area contributed by atoms with E-state index in [0.29, 0.717) is 5.56 Å². The Morgan fingerprint density at radius 1 is 1.53 bits per heavy atom. The van der Waals surface area contributed by atoms with Gasteiger partial charge in [0.15, 0.2) is 5.75 Å². The smallest absolute Gasteiger partial charge is 0.310 e. The molecule has 0 aliphatic carbocycles. The van der Waals surface area contributed by atoms with E-state index in [4.69, 9.17) is 10.5 Å². The molecule has 0 aromatic heterocycles. The number of nitro benzene ring substituents is 1. The summed E-state index contributed by atoms with van der Waals surface area (Å²) < 4.78 is 16.8. The van der Waals surface area contributed by atoms with Crippen LogP contribution in [0.1, 0.15) is 5.56 Å². The molecule has 82 valence electrons. The zero-order chi connectivity index (χ0) is 11.3. The van der Waals surface area contributed by atoms with E-state index in [2.05, 4.69) is 0 Å². The maximum atomic E-state index is 11.9. The van der Waals surface area contributed by atoms with Crippen LogP contribution in [0.5, 0.6) is 5.75 Å². The number of nitrogens with two attached hydrogens (primary N) is 1. The van der Waals surface area contributed by atoms with Crippen molar-refractivity contribution in [2.75, 3.05) is 13.3 Å². The molecule has 0 unspecified atom stereocenters. The van der Waals surface area contributed by atoms with Crippen molar-refractivity contribution in [1.82, 2.24) is 0 Å². The van der Waals surface area contributed by atoms with Crippen LogP contribution < -0.4 is 10.5 Å². The van der Waals surface area contributed by atoms with Gasteiger partial charge in [-0.15, -0.1) is 0 Å². The Labute approximate surface area is 85.8 Å². The molecule has 0 saturated carbocycles. The number of benzene rings is 1. The Bertz CT molecular complexity index is 357. The van der Waals surface area contributed by atoms with E-state index in [1.165, 1.54) is 12.1 Å². The Kier molecular flexibility index (Phi) is 3.99. The summed E-state index contributed by atoms with van der Waals surface area (Å²) in [6.07, 6.45) is 0. The van der Waals surface area contributed by atoms with Crippen molar-refractivity contribution < 1.29 is 14.1 Å². The maximum absolute atomic E-state index is 11.9. The van der Waals surface area contributed by atoms with Crippen molar-refractivity contribution >= 4 is 5.69 Å². The maximum Gasteiger partial charge on any atom is 0.310 e. The Balaban J connectivity index is 2.99. The number of hydrogen-bond donors (Lipinski definition) is 1. The summed E-state index contributed by atoms with van der Waals surface area (Å²) in [6, 6.07) is 4.30. The zero-order valence-corrected chi connectivity index (χ0v) is 7.98. The van der Waals surface area contributed by atoms with Gasteiger partial charge >= 0.3 is 5.69 Å². The minimum absolute atomic E-state index is 0.0561. The van der Waals surface area contributed by atoms with Gasteiger partial charge in [-0.1, -0.05) is 6.07 Å². The molecule has 1 aromatic carbocycles. The third kappa shape index (κ3) is 2.88. The number of halogens is 1. The molecule has 1 aromatic rings. The molecule has 0 atom stereocenters. The van der Waals surface area contributed by atoms with Crippen molar-refractivity contribution in [2.45, 2.75) is 6.54 Å². The van der Waals surface area contributed by atoms with Crippen LogP contribution in [0.25, 0.3) is 0 Å². The average Bonchev–Trinajstić information content (AvgIpc) is 2.25. The highest BCUT2D eigenvalue weighted by molar-refractivity contribution is 5.48. The van der Waals surface area contributed by atoms with Gasteiger partial charge in [0.1, 0.15) is 13.3 Å². The van der Waals surface area contributed by atoms with E-state index in [0.717, 1.165) is 0 Å². The number of nitrogens with zero attached hydrogens (tertiary/aromatic N) is 1. The van der Waals surface area contributed by atoms with E-state index in [1.807, 2.05) is 0 Å². The van der Waals surface area contributed by atoms with Crippen molar-refractivity contribution in [3.63, 3.8) is 0 Å². The molecule has 2 N–H and O–H groups in total. The lowest BCUT2D eigenvalue weighted by molar-refractivity contribution is -0.385. The van der Waals surface area contributed by atoms with Crippen molar-refractivity contribution in [3.05, 3.63) is 33.9 Å². The molecule has 0 saturated heterocycles. The van der Waals surface area contributed by atoms with Crippen LogP contribution in [-0.4, -0.2) is 18.2 Å². The highest BCUT2D eigenvalue weighted by Gasteiger charge is 2.14. The number of nitro groups is 1. The lowest BCUT2D eigenvalue weighted by Gasteiger charge is -2.05. The fraction of sp³-hybridized carbons (Fsp3) is 0.333. The predicted octanol–water partition coefficient (Wildman–Crippen LogP) is 1.40. The standard InChI is InChI=1S/C9H11FN2O3/c10-3-4-15-9-5-7(6-11)1-2-8(9)12(13)14/h1-2,5H,3-4,6,11H2. The van der Waals surface area contributed by atoms with Crippen LogP contribution in [0.4, 0.5) is 10.1 Å². The van der Waals surface area contributed by atoms with E-state index < -0.39 is 11.6 Å². The lowest BCUT2D eigenvalue weighted by atomic mass is 10.2. The van der Waals surface area contributed by atoms with Crippen LogP contribution >= 0.6 is 0 Å². The van der Waals surface area contributed by atoms with Crippen LogP contribution in [0.3, 0.4) is 0 Å². The van der Waals surface area contributed by atoms with Crippen LogP contribution in [0, 0.1) is 10.1 Å². The lowest BCUT2D eigenvalue weighted by Crippen LogP contribution is -2.04. The predicted molar refractivity (Wildman–Crippen MR) is 52.5 cm³/mol. The van der Waals surface area contributed by atoms with Gasteiger partial charge in [0.25, 0.3) is 0 Å². The van der Waals surface area contributed by atoms with Crippen LogP contribution in [0.2, 0.25) is 0 Å². The molecule has 5 nitrogen and oxygen atoms in total. The number of alkyl halides is 1. The fourth-order valence-electron chi connectivity index (χ4n) is 1.10. The first kappa shape index (κ1) is 11.4. The van der Waals surface area contributed by atoms with Gasteiger partial charge < -0.3 is 10.5 Å². The van der Waals surface area contributed by atoms with E-state index in [-0.39, 0.29) is 24.6 Å². The normalized spacial score (nSPS) is 10.0. The molecule has 1 rings (SSSR count). The third-order valence-corrected chi connectivity index (χ3v) is 1.79. The molecule has 0 spiro atoms. The van der Waals surface area contributed by atoms with Gasteiger partial charge in [-0.25, -0.2) is 4.39 Å². The summed E-state index contributed by atoms with van der Waals surface area (Å²) in [5.74, 6) is 0.0561. The van der Waals surface area contributed by atoms with Crippen molar-refractivity contribution in [1.29, 1.82) is 0 Å². The van der Waals surface area contributed by atoms with E-state index >= 15 is 0 Å². The van der Waals surface area contributed by atoms with E-state index in [1.54, 1.807) is 6.07 Å². The quantitative estimate of drug-likeness (QED) is 0.593. The second kappa shape index (κ2) is 5.26. The largest absolute Gasteiger partial charge is 0.484 e. The summed E-state index contributed by atoms with van der Waals surface area (Å²) >= 11 is 0. The molecule has 0 heterocycles. The molecule has 15 heavy (non-hydrogen) atoms. The first-order valence-corrected chi connectivity index (χ1v) is 4.35. The molecule has 0 aliphatic rings. The van der Waals surface area contributed by atoms with Gasteiger partial charge in [0, 0.05) is 12.6 Å². The zero-order valence-electron chi connectivity index (χ0n) is 7.98. The monoisotopic (exact) mass is 214 g/mol. The SMILES string of the molecule is NCc1ccc([N+](=O)[O-])c(OCCF)c1. The van der Waals surface area contributed by atoms with Gasteiger partial charge in [-0.3, -0.25) is 10.1 Å². The molecular formula is C9H11FN2O3. The Hall–Kier alpha value is -1.69. The van der Waals surface area contributed by atoms with Gasteiger partial charge in [0.05, 0.1) is 4.92 Å². The second-order valence-electron chi connectivity index (χ2n) is 2.80. The summed E-state index contributed by atoms with van der Waals surface area (Å²) in [6.45, 7) is -0.636. The van der Waals surface area contributed by atoms with Crippen LogP contribution in [0.15, 0.2) is 18.2 Å². The Morgan fingerprint density at radius 2 is 2.27 bits per heavy atom. The molecule has 0 aliphatic heterocycles. The first-order valence-electron chi connectivity index (χ1n) is 4.35. The molecule has 0 amide bonds. The average molecular weight is 214 g/mol. The number of hydrogen-bond acceptors (Lipinski definition) is 4. The molecule has 0 fully saturated rings. The summed E-state index contributed by atoms with van der Waals surface area (Å²) in [7, 11) is 0. The summed E-state index contributed by atoms with van der Waals surface area (Å²) in [4.78, 5) is 10.0. The third-order valence-electron chi connectivity index (χ3n) is 1.79. The first-order chi connectivity index (χ1) is 7.19. The molecule has 0 radical (unpaired) electrons. The van der Waals surface area contributed by atoms with Crippen molar-refractivity contribution in [3.8, 4) is 5.75 Å². The molecule has 0 bridgehead atoms. The number of ether oxygens (including phenoxy) is 1. The van der Waals surface area contributed by atoms with Gasteiger partial charge in [-0.2, -0.15) is 0 Å². The molecule has 6 heteroatoms. The molecular weight excluding hydrogens is 203 g/mol. The van der Waals surface area contributed by atoms with Gasteiger partial charge in [-0.05, 0) is 11.6 Å².